The third kappa shape index (κ3) is 11.8. The monoisotopic (exact) mass is 712 g/mol. The molecule has 0 atom stereocenters. The van der Waals surface area contributed by atoms with Crippen LogP contribution in [0.4, 0.5) is 0 Å². The van der Waals surface area contributed by atoms with Crippen LogP contribution in [0.5, 0.6) is 11.5 Å². The minimum absolute atomic E-state index is 0.116. The molecular weight excluding hydrogens is 657 g/mol. The summed E-state index contributed by atoms with van der Waals surface area (Å²) in [6.45, 7) is 21.6. The van der Waals surface area contributed by atoms with E-state index >= 15 is 0 Å². The van der Waals surface area contributed by atoms with Gasteiger partial charge < -0.3 is 10.2 Å². The lowest BCUT2D eigenvalue weighted by molar-refractivity contribution is 0.284. The van der Waals surface area contributed by atoms with Crippen LogP contribution in [0.15, 0.2) is 115 Å². The molecule has 2 heterocycles. The number of aryl methyl sites for hydroxylation is 3. The number of phenols is 2. The minimum atomic E-state index is 0.116. The molecular formula is C45H56N6O2. The standard InChI is InChI=1S/C15H24O.C12H9N3.C11H16O.C7H7N3/c1-11-9-12(7-8-13(11)16)15(5,6)10-14(2,3)4;1-2-6-10(7-3-1)15-13-11-8-4-5-9-12(11)14-15;1-8-5-6-9(7-10(8)12)11(2,3)4;1-10-8-6-4-2-3-5-7(6)9-10/h7-9,16H,10H2,1-6H3;1-9H;5-7,12H,1-4H3;2-5H,1H3. The number of rotatable bonds is 3. The third-order valence-electron chi connectivity index (χ3n) is 8.69. The molecule has 0 aliphatic rings. The summed E-state index contributed by atoms with van der Waals surface area (Å²) in [4.78, 5) is 3.23. The average Bonchev–Trinajstić information content (AvgIpc) is 3.70. The smallest absolute Gasteiger partial charge is 0.118 e. The molecule has 5 aromatic carbocycles. The zero-order chi connectivity index (χ0) is 39.0. The van der Waals surface area contributed by atoms with Gasteiger partial charge in [0.15, 0.2) is 0 Å². The zero-order valence-corrected chi connectivity index (χ0v) is 33.3. The summed E-state index contributed by atoms with van der Waals surface area (Å²) in [5, 5.41) is 36.0. The van der Waals surface area contributed by atoms with Gasteiger partial charge in [-0.05, 0) is 107 Å². The molecule has 53 heavy (non-hydrogen) atoms. The van der Waals surface area contributed by atoms with Gasteiger partial charge in [-0.2, -0.15) is 19.8 Å². The Morgan fingerprint density at radius 1 is 0.509 bits per heavy atom. The zero-order valence-electron chi connectivity index (χ0n) is 33.3. The molecule has 0 saturated carbocycles. The van der Waals surface area contributed by atoms with Gasteiger partial charge in [0.25, 0.3) is 0 Å². The number of benzene rings is 5. The first-order chi connectivity index (χ1) is 24.8. The van der Waals surface area contributed by atoms with Gasteiger partial charge in [-0.25, -0.2) is 0 Å². The number of hydrogen-bond acceptors (Lipinski definition) is 6. The van der Waals surface area contributed by atoms with E-state index in [4.69, 9.17) is 0 Å². The van der Waals surface area contributed by atoms with Gasteiger partial charge in [0.2, 0.25) is 0 Å². The second-order valence-electron chi connectivity index (χ2n) is 16.4. The molecule has 2 N–H and O–H groups in total. The highest BCUT2D eigenvalue weighted by Gasteiger charge is 2.27. The molecule has 7 rings (SSSR count). The van der Waals surface area contributed by atoms with Crippen LogP contribution in [-0.4, -0.2) is 40.2 Å². The van der Waals surface area contributed by atoms with Gasteiger partial charge in [-0.3, -0.25) is 0 Å². The van der Waals surface area contributed by atoms with E-state index in [1.54, 1.807) is 15.7 Å². The number of hydrogen-bond donors (Lipinski definition) is 2. The van der Waals surface area contributed by atoms with E-state index in [1.807, 2.05) is 118 Å². The largest absolute Gasteiger partial charge is 0.508 e. The Balaban J connectivity index is 0.000000160. The van der Waals surface area contributed by atoms with Crippen molar-refractivity contribution in [1.29, 1.82) is 0 Å². The van der Waals surface area contributed by atoms with Crippen LogP contribution < -0.4 is 0 Å². The quantitative estimate of drug-likeness (QED) is 0.189. The van der Waals surface area contributed by atoms with E-state index in [1.165, 1.54) is 11.1 Å². The molecule has 278 valence electrons. The van der Waals surface area contributed by atoms with E-state index in [9.17, 15) is 10.2 Å². The first kappa shape index (κ1) is 40.3. The first-order valence-corrected chi connectivity index (χ1v) is 18.1. The lowest BCUT2D eigenvalue weighted by Crippen LogP contribution is -2.24. The van der Waals surface area contributed by atoms with Crippen LogP contribution in [0.2, 0.25) is 0 Å². The summed E-state index contributed by atoms with van der Waals surface area (Å²) >= 11 is 0. The van der Waals surface area contributed by atoms with Gasteiger partial charge in [0.1, 0.15) is 33.6 Å². The van der Waals surface area contributed by atoms with Crippen LogP contribution in [-0.2, 0) is 17.9 Å². The van der Waals surface area contributed by atoms with Crippen molar-refractivity contribution in [1.82, 2.24) is 30.0 Å². The van der Waals surface area contributed by atoms with Crippen LogP contribution in [0.25, 0.3) is 27.8 Å². The molecule has 0 unspecified atom stereocenters. The highest BCUT2D eigenvalue weighted by Crippen LogP contribution is 2.37. The van der Waals surface area contributed by atoms with E-state index in [-0.39, 0.29) is 10.8 Å². The Labute approximate surface area is 315 Å². The Morgan fingerprint density at radius 3 is 1.43 bits per heavy atom. The summed E-state index contributed by atoms with van der Waals surface area (Å²) in [7, 11) is 1.82. The molecule has 0 spiro atoms. The number of fused-ring (bicyclic) bond motifs is 2. The average molecular weight is 713 g/mol. The third-order valence-corrected chi connectivity index (χ3v) is 8.69. The Bertz CT molecular complexity index is 2150. The SMILES string of the molecule is Cc1cc(C(C)(C)CC(C)(C)C)ccc1O.Cc1ccc(C(C)(C)C)cc1O.Cn1nc2ccccc2n1.c1ccc(-n2nc3ccccc3n2)cc1. The number of nitrogens with zero attached hydrogens (tertiary/aromatic N) is 6. The number of aromatic nitrogens is 6. The molecule has 0 fully saturated rings. The van der Waals surface area contributed by atoms with Gasteiger partial charge in [0, 0.05) is 7.05 Å². The van der Waals surface area contributed by atoms with Crippen LogP contribution in [0.1, 0.15) is 84.1 Å². The maximum atomic E-state index is 9.54. The summed E-state index contributed by atoms with van der Waals surface area (Å²) in [5.74, 6) is 0.776. The Hall–Kier alpha value is -5.50. The number of para-hydroxylation sites is 1. The van der Waals surface area contributed by atoms with Crippen LogP contribution in [0.3, 0.4) is 0 Å². The second kappa shape index (κ2) is 16.9. The number of phenolic OH excluding ortho intramolecular Hbond substituents is 2. The van der Waals surface area contributed by atoms with Crippen LogP contribution in [0, 0.1) is 19.3 Å². The topological polar surface area (TPSA) is 102 Å². The molecule has 8 heteroatoms. The van der Waals surface area contributed by atoms with Crippen molar-refractivity contribution in [3.8, 4) is 17.2 Å². The van der Waals surface area contributed by atoms with Crippen molar-refractivity contribution in [2.45, 2.75) is 86.5 Å². The maximum absolute atomic E-state index is 9.54. The summed E-state index contributed by atoms with van der Waals surface area (Å²) in [6.07, 6.45) is 1.13. The molecule has 0 aliphatic carbocycles. The fourth-order valence-corrected chi connectivity index (χ4v) is 6.08. The summed E-state index contributed by atoms with van der Waals surface area (Å²) < 4.78 is 0. The molecule has 2 aromatic heterocycles. The lowest BCUT2D eigenvalue weighted by Gasteiger charge is -2.33. The molecule has 0 saturated heterocycles. The van der Waals surface area contributed by atoms with Crippen molar-refractivity contribution in [3.63, 3.8) is 0 Å². The van der Waals surface area contributed by atoms with Crippen molar-refractivity contribution >= 4 is 22.1 Å². The molecule has 0 bridgehead atoms. The predicted molar refractivity (Wildman–Crippen MR) is 219 cm³/mol. The van der Waals surface area contributed by atoms with Crippen molar-refractivity contribution in [2.75, 3.05) is 0 Å². The van der Waals surface area contributed by atoms with E-state index in [2.05, 4.69) is 87.9 Å². The van der Waals surface area contributed by atoms with Crippen molar-refractivity contribution in [3.05, 3.63) is 138 Å². The highest BCUT2D eigenvalue weighted by molar-refractivity contribution is 5.73. The van der Waals surface area contributed by atoms with E-state index < -0.39 is 0 Å². The lowest BCUT2D eigenvalue weighted by atomic mass is 9.72. The van der Waals surface area contributed by atoms with Gasteiger partial charge >= 0.3 is 0 Å². The molecule has 8 nitrogen and oxygen atoms in total. The normalized spacial score (nSPS) is 11.5. The Kier molecular flexibility index (Phi) is 12.8. The minimum Gasteiger partial charge on any atom is -0.508 e. The number of aromatic hydroxyl groups is 2. The van der Waals surface area contributed by atoms with Gasteiger partial charge in [-0.1, -0.05) is 122 Å². The van der Waals surface area contributed by atoms with Crippen molar-refractivity contribution < 1.29 is 10.2 Å². The highest BCUT2D eigenvalue weighted by atomic mass is 16.3. The fourth-order valence-electron chi connectivity index (χ4n) is 6.08. The Morgan fingerprint density at radius 2 is 0.981 bits per heavy atom. The van der Waals surface area contributed by atoms with Gasteiger partial charge in [0.05, 0.1) is 5.69 Å². The summed E-state index contributed by atoms with van der Waals surface area (Å²) in [5.41, 5.74) is 9.66. The molecule has 0 aliphatic heterocycles. The first-order valence-electron chi connectivity index (χ1n) is 18.1. The molecule has 0 amide bonds. The second-order valence-corrected chi connectivity index (χ2v) is 16.4. The van der Waals surface area contributed by atoms with E-state index in [0.717, 1.165) is 45.3 Å². The summed E-state index contributed by atoms with van der Waals surface area (Å²) in [6, 6.07) is 37.3. The maximum Gasteiger partial charge on any atom is 0.118 e. The fraction of sp³-hybridized carbons (Fsp3) is 0.333. The predicted octanol–water partition coefficient (Wildman–Crippen LogP) is 10.8. The van der Waals surface area contributed by atoms with Crippen LogP contribution >= 0.6 is 0 Å². The molecule has 0 radical (unpaired) electrons. The molecule has 7 aromatic rings. The van der Waals surface area contributed by atoms with Gasteiger partial charge in [-0.15, -0.1) is 10.2 Å². The van der Waals surface area contributed by atoms with Crippen molar-refractivity contribution in [2.24, 2.45) is 12.5 Å². The van der Waals surface area contributed by atoms with E-state index in [0.29, 0.717) is 16.9 Å².